The normalized spacial score (nSPS) is 25.1. The summed E-state index contributed by atoms with van der Waals surface area (Å²) in [5.74, 6) is -0.189. The summed E-state index contributed by atoms with van der Waals surface area (Å²) < 4.78 is 0. The number of amides is 1. The molecule has 2 fully saturated rings. The van der Waals surface area contributed by atoms with Crippen LogP contribution in [0.3, 0.4) is 0 Å². The lowest BCUT2D eigenvalue weighted by Crippen LogP contribution is -2.54. The quantitative estimate of drug-likeness (QED) is 0.735. The van der Waals surface area contributed by atoms with Crippen molar-refractivity contribution in [2.24, 2.45) is 0 Å². The molecule has 104 valence electrons. The Balaban J connectivity index is 1.77. The number of hydrogen-bond donors (Lipinski definition) is 2. The van der Waals surface area contributed by atoms with Crippen molar-refractivity contribution < 1.29 is 15.0 Å². The molecule has 5 heteroatoms. The van der Waals surface area contributed by atoms with Crippen molar-refractivity contribution in [2.75, 3.05) is 39.3 Å². The first-order valence-corrected chi connectivity index (χ1v) is 6.96. The van der Waals surface area contributed by atoms with Gasteiger partial charge in [-0.3, -0.25) is 9.69 Å². The Kier molecular flexibility index (Phi) is 4.59. The second-order valence-electron chi connectivity index (χ2n) is 5.60. The largest absolute Gasteiger partial charge is 0.389 e. The lowest BCUT2D eigenvalue weighted by atomic mass is 9.84. The van der Waals surface area contributed by atoms with Crippen LogP contribution in [0.5, 0.6) is 0 Å². The van der Waals surface area contributed by atoms with Crippen molar-refractivity contribution in [1.82, 2.24) is 9.80 Å². The summed E-state index contributed by atoms with van der Waals surface area (Å²) in [6.07, 6.45) is 5.30. The van der Waals surface area contributed by atoms with Gasteiger partial charge in [-0.1, -0.05) is 19.3 Å². The fourth-order valence-corrected chi connectivity index (χ4v) is 3.04. The van der Waals surface area contributed by atoms with E-state index in [1.807, 2.05) is 0 Å². The Morgan fingerprint density at radius 3 is 2.22 bits per heavy atom. The van der Waals surface area contributed by atoms with E-state index in [2.05, 4.69) is 4.90 Å². The highest BCUT2D eigenvalue weighted by atomic mass is 16.3. The molecule has 1 aliphatic carbocycles. The van der Waals surface area contributed by atoms with E-state index < -0.39 is 12.2 Å². The van der Waals surface area contributed by atoms with Crippen LogP contribution in [0.15, 0.2) is 0 Å². The van der Waals surface area contributed by atoms with Gasteiger partial charge >= 0.3 is 0 Å². The van der Waals surface area contributed by atoms with Crippen LogP contribution in [0.25, 0.3) is 0 Å². The van der Waals surface area contributed by atoms with E-state index >= 15 is 0 Å². The molecule has 0 aromatic rings. The first kappa shape index (κ1) is 13.8. The second-order valence-corrected chi connectivity index (χ2v) is 5.60. The van der Waals surface area contributed by atoms with Crippen LogP contribution >= 0.6 is 0 Å². The molecule has 0 atom stereocenters. The fraction of sp³-hybridized carbons (Fsp3) is 0.923. The zero-order chi connectivity index (χ0) is 13.0. The molecule has 2 N–H and O–H groups in total. The summed E-state index contributed by atoms with van der Waals surface area (Å²) >= 11 is 0. The van der Waals surface area contributed by atoms with E-state index in [0.717, 1.165) is 45.3 Å². The van der Waals surface area contributed by atoms with Crippen molar-refractivity contribution in [3.63, 3.8) is 0 Å². The molecule has 1 heterocycles. The maximum absolute atomic E-state index is 11.3. The van der Waals surface area contributed by atoms with Gasteiger partial charge in [0.1, 0.15) is 6.61 Å². The molecule has 18 heavy (non-hydrogen) atoms. The van der Waals surface area contributed by atoms with Crippen molar-refractivity contribution in [2.45, 2.75) is 37.7 Å². The van der Waals surface area contributed by atoms with E-state index in [9.17, 15) is 9.90 Å². The molecule has 0 radical (unpaired) electrons. The molecular weight excluding hydrogens is 232 g/mol. The number of hydrogen-bond acceptors (Lipinski definition) is 4. The molecular formula is C13H24N2O3. The lowest BCUT2D eigenvalue weighted by molar-refractivity contribution is -0.136. The van der Waals surface area contributed by atoms with Gasteiger partial charge in [-0.25, -0.2) is 0 Å². The highest BCUT2D eigenvalue weighted by Gasteiger charge is 2.32. The maximum Gasteiger partial charge on any atom is 0.248 e. The highest BCUT2D eigenvalue weighted by molar-refractivity contribution is 5.77. The van der Waals surface area contributed by atoms with E-state index in [1.165, 1.54) is 6.42 Å². The average molecular weight is 256 g/mol. The van der Waals surface area contributed by atoms with Crippen molar-refractivity contribution >= 4 is 5.91 Å². The van der Waals surface area contributed by atoms with E-state index in [1.54, 1.807) is 4.90 Å². The third kappa shape index (κ3) is 3.43. The van der Waals surface area contributed by atoms with Crippen molar-refractivity contribution in [3.05, 3.63) is 0 Å². The van der Waals surface area contributed by atoms with Gasteiger partial charge in [0, 0.05) is 32.7 Å². The summed E-state index contributed by atoms with van der Waals surface area (Å²) in [6.45, 7) is 3.26. The number of rotatable bonds is 3. The molecule has 5 nitrogen and oxygen atoms in total. The molecule has 1 aliphatic heterocycles. The summed E-state index contributed by atoms with van der Waals surface area (Å²) in [5, 5.41) is 19.3. The van der Waals surface area contributed by atoms with Crippen molar-refractivity contribution in [1.29, 1.82) is 0 Å². The Labute approximate surface area is 108 Å². The topological polar surface area (TPSA) is 64.0 Å². The third-order valence-electron chi connectivity index (χ3n) is 4.16. The van der Waals surface area contributed by atoms with E-state index in [4.69, 9.17) is 5.11 Å². The number of aliphatic hydroxyl groups is 2. The summed E-state index contributed by atoms with van der Waals surface area (Å²) in [5.41, 5.74) is -0.512. The number of carbonyl (C=O) groups excluding carboxylic acids is 1. The predicted octanol–water partition coefficient (Wildman–Crippen LogP) is -0.182. The zero-order valence-corrected chi connectivity index (χ0v) is 11.0. The molecule has 2 rings (SSSR count). The molecule has 0 aromatic carbocycles. The van der Waals surface area contributed by atoms with Gasteiger partial charge in [0.25, 0.3) is 0 Å². The smallest absolute Gasteiger partial charge is 0.248 e. The minimum Gasteiger partial charge on any atom is -0.389 e. The zero-order valence-electron chi connectivity index (χ0n) is 11.0. The molecule has 1 saturated heterocycles. The molecule has 0 bridgehead atoms. The first-order chi connectivity index (χ1) is 8.63. The molecule has 1 amide bonds. The Morgan fingerprint density at radius 1 is 1.06 bits per heavy atom. The van der Waals surface area contributed by atoms with Crippen LogP contribution in [-0.2, 0) is 4.79 Å². The van der Waals surface area contributed by atoms with Crippen LogP contribution in [-0.4, -0.2) is 70.9 Å². The Hall–Kier alpha value is -0.650. The highest BCUT2D eigenvalue weighted by Crippen LogP contribution is 2.29. The van der Waals surface area contributed by atoms with Crippen molar-refractivity contribution in [3.8, 4) is 0 Å². The van der Waals surface area contributed by atoms with Crippen LogP contribution in [0.4, 0.5) is 0 Å². The molecule has 0 unspecified atom stereocenters. The standard InChI is InChI=1S/C13H24N2O3/c16-10-12(17)15-8-6-14(7-9-15)11-13(18)4-2-1-3-5-13/h16,18H,1-11H2. The summed E-state index contributed by atoms with van der Waals surface area (Å²) in [6, 6.07) is 0. The molecule has 0 spiro atoms. The van der Waals surface area contributed by atoms with Gasteiger partial charge in [0.05, 0.1) is 5.60 Å². The minimum absolute atomic E-state index is 0.189. The average Bonchev–Trinajstić information content (AvgIpc) is 2.39. The predicted molar refractivity (Wildman–Crippen MR) is 68.1 cm³/mol. The SMILES string of the molecule is O=C(CO)N1CCN(CC2(O)CCCCC2)CC1. The lowest BCUT2D eigenvalue weighted by Gasteiger charge is -2.40. The van der Waals surface area contributed by atoms with E-state index in [0.29, 0.717) is 13.1 Å². The Morgan fingerprint density at radius 2 is 1.67 bits per heavy atom. The third-order valence-corrected chi connectivity index (χ3v) is 4.16. The second kappa shape index (κ2) is 5.99. The molecule has 2 aliphatic rings. The number of piperazine rings is 1. The van der Waals surface area contributed by atoms with Gasteiger partial charge < -0.3 is 15.1 Å². The van der Waals surface area contributed by atoms with E-state index in [-0.39, 0.29) is 5.91 Å². The van der Waals surface area contributed by atoms with Crippen LogP contribution in [0.1, 0.15) is 32.1 Å². The Bertz CT molecular complexity index is 282. The monoisotopic (exact) mass is 256 g/mol. The number of nitrogens with zero attached hydrogens (tertiary/aromatic N) is 2. The first-order valence-electron chi connectivity index (χ1n) is 6.96. The van der Waals surface area contributed by atoms with Crippen LogP contribution in [0, 0.1) is 0 Å². The summed E-state index contributed by atoms with van der Waals surface area (Å²) in [4.78, 5) is 15.3. The maximum atomic E-state index is 11.3. The molecule has 0 aromatic heterocycles. The van der Waals surface area contributed by atoms with Gasteiger partial charge in [-0.15, -0.1) is 0 Å². The summed E-state index contributed by atoms with van der Waals surface area (Å²) in [7, 11) is 0. The van der Waals surface area contributed by atoms with Gasteiger partial charge in [-0.2, -0.15) is 0 Å². The number of carbonyl (C=O) groups is 1. The van der Waals surface area contributed by atoms with Crippen LogP contribution < -0.4 is 0 Å². The number of β-amino-alcohol motifs (C(OH)–C–C–N with tert-alkyl or cyclic N) is 1. The molecule has 1 saturated carbocycles. The number of aliphatic hydroxyl groups excluding tert-OH is 1. The van der Waals surface area contributed by atoms with Crippen LogP contribution in [0.2, 0.25) is 0 Å². The fourth-order valence-electron chi connectivity index (χ4n) is 3.04. The van der Waals surface area contributed by atoms with Gasteiger partial charge in [-0.05, 0) is 12.8 Å². The van der Waals surface area contributed by atoms with Gasteiger partial charge in [0.2, 0.25) is 5.91 Å². The van der Waals surface area contributed by atoms with Gasteiger partial charge in [0.15, 0.2) is 0 Å². The minimum atomic E-state index is -0.512.